The number of rotatable bonds is 9. The molecule has 0 saturated carbocycles. The molecule has 0 aliphatic carbocycles. The standard InChI is InChI=1S/C23H31N5O3/c1-4-12-24-23(30)27(14-15-31-3)17-22(29)28-21(18-9-6-5-7-10-18)16-19(25-28)20-11-8-13-26(20)2/h5-11,13,21H,4,12,14-17H2,1-3H3,(H,24,30). The minimum Gasteiger partial charge on any atom is -0.383 e. The van der Waals surface area contributed by atoms with E-state index in [1.54, 1.807) is 7.11 Å². The van der Waals surface area contributed by atoms with Crippen LogP contribution in [0, 0.1) is 0 Å². The first kappa shape index (κ1) is 22.6. The number of methoxy groups -OCH3 is 1. The molecule has 1 aromatic carbocycles. The van der Waals surface area contributed by atoms with Crippen molar-refractivity contribution in [3.8, 4) is 0 Å². The Hall–Kier alpha value is -3.13. The maximum Gasteiger partial charge on any atom is 0.317 e. The molecule has 3 amide bonds. The van der Waals surface area contributed by atoms with Gasteiger partial charge in [0, 0.05) is 39.9 Å². The maximum atomic E-state index is 13.3. The summed E-state index contributed by atoms with van der Waals surface area (Å²) < 4.78 is 7.12. The topological polar surface area (TPSA) is 79.2 Å². The number of hydrogen-bond acceptors (Lipinski definition) is 4. The molecule has 166 valence electrons. The number of hydrogen-bond donors (Lipinski definition) is 1. The molecule has 2 aromatic rings. The van der Waals surface area contributed by atoms with Crippen LogP contribution in [0.3, 0.4) is 0 Å². The van der Waals surface area contributed by atoms with Crippen molar-refractivity contribution >= 4 is 17.6 Å². The van der Waals surface area contributed by atoms with Gasteiger partial charge in [0.1, 0.15) is 6.54 Å². The van der Waals surface area contributed by atoms with Gasteiger partial charge in [-0.15, -0.1) is 0 Å². The zero-order chi connectivity index (χ0) is 22.2. The largest absolute Gasteiger partial charge is 0.383 e. The molecule has 0 bridgehead atoms. The lowest BCUT2D eigenvalue weighted by molar-refractivity contribution is -0.133. The summed E-state index contributed by atoms with van der Waals surface area (Å²) in [4.78, 5) is 27.4. The van der Waals surface area contributed by atoms with Crippen LogP contribution in [0.4, 0.5) is 4.79 Å². The summed E-state index contributed by atoms with van der Waals surface area (Å²) in [5, 5.41) is 9.07. The van der Waals surface area contributed by atoms with Crippen LogP contribution in [0.1, 0.15) is 37.1 Å². The monoisotopic (exact) mass is 425 g/mol. The van der Waals surface area contributed by atoms with Gasteiger partial charge in [-0.1, -0.05) is 37.3 Å². The number of ether oxygens (including phenoxy) is 1. The van der Waals surface area contributed by atoms with Crippen molar-refractivity contribution in [3.05, 3.63) is 59.9 Å². The van der Waals surface area contributed by atoms with Gasteiger partial charge in [-0.25, -0.2) is 9.80 Å². The molecule has 2 heterocycles. The van der Waals surface area contributed by atoms with E-state index in [9.17, 15) is 9.59 Å². The molecule has 1 aromatic heterocycles. The van der Waals surface area contributed by atoms with Crippen molar-refractivity contribution in [3.63, 3.8) is 0 Å². The van der Waals surface area contributed by atoms with Crippen LogP contribution in [-0.2, 0) is 16.6 Å². The number of benzene rings is 1. The minimum atomic E-state index is -0.269. The molecule has 1 N–H and O–H groups in total. The molecule has 0 spiro atoms. The van der Waals surface area contributed by atoms with E-state index in [-0.39, 0.29) is 24.5 Å². The first-order valence-corrected chi connectivity index (χ1v) is 10.6. The normalized spacial score (nSPS) is 15.6. The zero-order valence-corrected chi connectivity index (χ0v) is 18.5. The van der Waals surface area contributed by atoms with Crippen molar-refractivity contribution in [1.82, 2.24) is 19.8 Å². The third kappa shape index (κ3) is 5.52. The third-order valence-electron chi connectivity index (χ3n) is 5.29. The summed E-state index contributed by atoms with van der Waals surface area (Å²) in [6.45, 7) is 3.16. The van der Waals surface area contributed by atoms with Gasteiger partial charge in [0.15, 0.2) is 0 Å². The number of aryl methyl sites for hydroxylation is 1. The van der Waals surface area contributed by atoms with E-state index in [0.717, 1.165) is 23.4 Å². The highest BCUT2D eigenvalue weighted by Gasteiger charge is 2.34. The van der Waals surface area contributed by atoms with Crippen LogP contribution in [0.15, 0.2) is 53.8 Å². The lowest BCUT2D eigenvalue weighted by atomic mass is 10.0. The number of hydrazone groups is 1. The second kappa shape index (κ2) is 10.8. The summed E-state index contributed by atoms with van der Waals surface area (Å²) in [6, 6.07) is 13.4. The first-order valence-electron chi connectivity index (χ1n) is 10.6. The minimum absolute atomic E-state index is 0.0633. The highest BCUT2D eigenvalue weighted by Crippen LogP contribution is 2.32. The van der Waals surface area contributed by atoms with E-state index >= 15 is 0 Å². The molecule has 31 heavy (non-hydrogen) atoms. The molecule has 0 saturated heterocycles. The van der Waals surface area contributed by atoms with E-state index in [4.69, 9.17) is 9.84 Å². The lowest BCUT2D eigenvalue weighted by Crippen LogP contribution is -2.47. The second-order valence-electron chi connectivity index (χ2n) is 7.57. The number of nitrogens with zero attached hydrogens (tertiary/aromatic N) is 4. The molecule has 0 fully saturated rings. The highest BCUT2D eigenvalue weighted by molar-refractivity contribution is 6.02. The molecule has 3 rings (SSSR count). The van der Waals surface area contributed by atoms with E-state index < -0.39 is 0 Å². The molecule has 8 nitrogen and oxygen atoms in total. The van der Waals surface area contributed by atoms with Gasteiger partial charge in [-0.3, -0.25) is 4.79 Å². The maximum absolute atomic E-state index is 13.3. The Morgan fingerprint density at radius 1 is 1.23 bits per heavy atom. The van der Waals surface area contributed by atoms with Crippen molar-refractivity contribution in [1.29, 1.82) is 0 Å². The highest BCUT2D eigenvalue weighted by atomic mass is 16.5. The number of carbonyl (C=O) groups is 2. The number of urea groups is 1. The van der Waals surface area contributed by atoms with Crippen LogP contribution in [-0.4, -0.2) is 65.5 Å². The van der Waals surface area contributed by atoms with Crippen molar-refractivity contribution in [2.75, 3.05) is 33.4 Å². The molecule has 1 atom stereocenters. The van der Waals surface area contributed by atoms with Gasteiger partial charge in [0.25, 0.3) is 5.91 Å². The number of aromatic nitrogens is 1. The second-order valence-corrected chi connectivity index (χ2v) is 7.57. The first-order chi connectivity index (χ1) is 15.0. The fourth-order valence-electron chi connectivity index (χ4n) is 3.62. The fourth-order valence-corrected chi connectivity index (χ4v) is 3.62. The van der Waals surface area contributed by atoms with Crippen LogP contribution in [0.5, 0.6) is 0 Å². The predicted octanol–water partition coefficient (Wildman–Crippen LogP) is 2.77. The molecular weight excluding hydrogens is 394 g/mol. The zero-order valence-electron chi connectivity index (χ0n) is 18.5. The van der Waals surface area contributed by atoms with Gasteiger partial charge in [0.05, 0.1) is 24.1 Å². The Balaban J connectivity index is 1.83. The SMILES string of the molecule is CCCNC(=O)N(CCOC)CC(=O)N1N=C(c2cccn2C)CC1c1ccccc1. The van der Waals surface area contributed by atoms with Gasteiger partial charge in [-0.05, 0) is 24.1 Å². The van der Waals surface area contributed by atoms with Gasteiger partial charge in [0.2, 0.25) is 0 Å². The van der Waals surface area contributed by atoms with E-state index in [1.807, 2.05) is 67.2 Å². The van der Waals surface area contributed by atoms with Crippen LogP contribution >= 0.6 is 0 Å². The number of carbonyl (C=O) groups excluding carboxylic acids is 2. The predicted molar refractivity (Wildman–Crippen MR) is 120 cm³/mol. The van der Waals surface area contributed by atoms with Crippen molar-refractivity contribution in [2.24, 2.45) is 12.1 Å². The Bertz CT molecular complexity index is 909. The van der Waals surface area contributed by atoms with Gasteiger partial charge >= 0.3 is 6.03 Å². The quantitative estimate of drug-likeness (QED) is 0.671. The Kier molecular flexibility index (Phi) is 7.83. The molecule has 8 heteroatoms. The van der Waals surface area contributed by atoms with Gasteiger partial charge in [-0.2, -0.15) is 5.10 Å². The molecule has 1 unspecified atom stereocenters. The number of nitrogens with one attached hydrogen (secondary N) is 1. The smallest absolute Gasteiger partial charge is 0.317 e. The average molecular weight is 426 g/mol. The third-order valence-corrected chi connectivity index (χ3v) is 5.29. The summed E-state index contributed by atoms with van der Waals surface area (Å²) in [7, 11) is 3.54. The van der Waals surface area contributed by atoms with E-state index in [0.29, 0.717) is 26.1 Å². The Morgan fingerprint density at radius 3 is 2.65 bits per heavy atom. The van der Waals surface area contributed by atoms with Gasteiger partial charge < -0.3 is 19.5 Å². The van der Waals surface area contributed by atoms with Crippen LogP contribution in [0.2, 0.25) is 0 Å². The molecule has 1 aliphatic heterocycles. The summed E-state index contributed by atoms with van der Waals surface area (Å²) in [5.41, 5.74) is 2.85. The van der Waals surface area contributed by atoms with E-state index in [2.05, 4.69) is 5.32 Å². The Morgan fingerprint density at radius 2 is 2.00 bits per heavy atom. The molecule has 0 radical (unpaired) electrons. The summed E-state index contributed by atoms with van der Waals surface area (Å²) >= 11 is 0. The van der Waals surface area contributed by atoms with E-state index in [1.165, 1.54) is 9.91 Å². The number of amides is 3. The van der Waals surface area contributed by atoms with Crippen LogP contribution < -0.4 is 5.32 Å². The Labute approximate surface area is 183 Å². The fraction of sp³-hybridized carbons (Fsp3) is 0.435. The lowest BCUT2D eigenvalue weighted by Gasteiger charge is -2.27. The average Bonchev–Trinajstić information content (AvgIpc) is 3.41. The van der Waals surface area contributed by atoms with Crippen molar-refractivity contribution in [2.45, 2.75) is 25.8 Å². The molecule has 1 aliphatic rings. The molecular formula is C23H31N5O3. The summed E-state index contributed by atoms with van der Waals surface area (Å²) in [6.07, 6.45) is 3.41. The summed E-state index contributed by atoms with van der Waals surface area (Å²) in [5.74, 6) is -0.221. The van der Waals surface area contributed by atoms with Crippen LogP contribution in [0.25, 0.3) is 0 Å². The van der Waals surface area contributed by atoms with Crippen molar-refractivity contribution < 1.29 is 14.3 Å².